The van der Waals surface area contributed by atoms with Crippen LogP contribution < -0.4 is 5.32 Å². The molecular weight excluding hydrogens is 198 g/mol. The summed E-state index contributed by atoms with van der Waals surface area (Å²) in [5.74, 6) is 2.59. The molecule has 2 nitrogen and oxygen atoms in total. The first-order valence-electron chi connectivity index (χ1n) is 7.01. The molecule has 0 unspecified atom stereocenters. The third-order valence-electron chi connectivity index (χ3n) is 4.70. The zero-order valence-electron chi connectivity index (χ0n) is 10.8. The van der Waals surface area contributed by atoms with Crippen LogP contribution in [0.15, 0.2) is 0 Å². The molecular formula is C14H27NO. The molecule has 2 heteroatoms. The van der Waals surface area contributed by atoms with E-state index in [0.29, 0.717) is 6.61 Å². The molecule has 2 N–H and O–H groups in total. The second-order valence-corrected chi connectivity index (χ2v) is 6.34. The van der Waals surface area contributed by atoms with Gasteiger partial charge in [-0.25, -0.2) is 0 Å². The average Bonchev–Trinajstić information content (AvgIpc) is 3.11. The minimum atomic E-state index is 0.0635. The van der Waals surface area contributed by atoms with Crippen LogP contribution in [0.3, 0.4) is 0 Å². The minimum absolute atomic E-state index is 0.0635. The molecule has 94 valence electrons. The van der Waals surface area contributed by atoms with E-state index in [-0.39, 0.29) is 5.54 Å². The van der Waals surface area contributed by atoms with E-state index in [1.807, 2.05) is 0 Å². The molecule has 2 saturated carbocycles. The van der Waals surface area contributed by atoms with Crippen molar-refractivity contribution in [3.05, 3.63) is 0 Å². The van der Waals surface area contributed by atoms with Gasteiger partial charge in [0.1, 0.15) is 0 Å². The van der Waals surface area contributed by atoms with E-state index in [9.17, 15) is 5.11 Å². The highest BCUT2D eigenvalue weighted by atomic mass is 16.3. The molecule has 0 heterocycles. The Bertz CT molecular complexity index is 215. The monoisotopic (exact) mass is 225 g/mol. The largest absolute Gasteiger partial charge is 0.394 e. The van der Waals surface area contributed by atoms with Crippen LogP contribution in [0, 0.1) is 17.8 Å². The number of rotatable bonds is 5. The van der Waals surface area contributed by atoms with Gasteiger partial charge in [0.15, 0.2) is 0 Å². The molecule has 0 radical (unpaired) electrons. The van der Waals surface area contributed by atoms with Crippen LogP contribution in [0.1, 0.15) is 52.4 Å². The van der Waals surface area contributed by atoms with Crippen molar-refractivity contribution in [3.8, 4) is 0 Å². The van der Waals surface area contributed by atoms with Crippen molar-refractivity contribution in [1.29, 1.82) is 0 Å². The van der Waals surface area contributed by atoms with E-state index in [4.69, 9.17) is 0 Å². The first kappa shape index (κ1) is 12.4. The van der Waals surface area contributed by atoms with Crippen LogP contribution in [-0.2, 0) is 0 Å². The SMILES string of the molecule is CC(C)C1CCC(CO)(NCC2CC2)CC1. The summed E-state index contributed by atoms with van der Waals surface area (Å²) in [7, 11) is 0. The van der Waals surface area contributed by atoms with Gasteiger partial charge in [0.25, 0.3) is 0 Å². The van der Waals surface area contributed by atoms with Crippen LogP contribution in [0.5, 0.6) is 0 Å². The average molecular weight is 225 g/mol. The summed E-state index contributed by atoms with van der Waals surface area (Å²) in [6.45, 7) is 6.11. The Kier molecular flexibility index (Phi) is 3.91. The zero-order valence-corrected chi connectivity index (χ0v) is 10.8. The van der Waals surface area contributed by atoms with Gasteiger partial charge in [-0.05, 0) is 62.8 Å². The quantitative estimate of drug-likeness (QED) is 0.753. The van der Waals surface area contributed by atoms with Crippen molar-refractivity contribution < 1.29 is 5.11 Å². The van der Waals surface area contributed by atoms with Crippen LogP contribution in [0.4, 0.5) is 0 Å². The third kappa shape index (κ3) is 2.98. The molecule has 2 aliphatic rings. The van der Waals surface area contributed by atoms with Crippen molar-refractivity contribution >= 4 is 0 Å². The predicted octanol–water partition coefficient (Wildman–Crippen LogP) is 2.56. The van der Waals surface area contributed by atoms with E-state index in [2.05, 4.69) is 19.2 Å². The van der Waals surface area contributed by atoms with Crippen LogP contribution in [0.25, 0.3) is 0 Å². The summed E-state index contributed by atoms with van der Waals surface area (Å²) in [5.41, 5.74) is 0.0635. The molecule has 0 spiro atoms. The molecule has 0 aromatic heterocycles. The highest BCUT2D eigenvalue weighted by Crippen LogP contribution is 2.36. The van der Waals surface area contributed by atoms with E-state index in [1.165, 1.54) is 38.5 Å². The lowest BCUT2D eigenvalue weighted by atomic mass is 9.73. The molecule has 0 amide bonds. The van der Waals surface area contributed by atoms with Gasteiger partial charge in [-0.3, -0.25) is 0 Å². The van der Waals surface area contributed by atoms with Crippen molar-refractivity contribution in [2.75, 3.05) is 13.2 Å². The van der Waals surface area contributed by atoms with Crippen molar-refractivity contribution in [1.82, 2.24) is 5.32 Å². The molecule has 2 fully saturated rings. The maximum Gasteiger partial charge on any atom is 0.0613 e. The second kappa shape index (κ2) is 5.05. The van der Waals surface area contributed by atoms with Crippen LogP contribution in [-0.4, -0.2) is 23.8 Å². The lowest BCUT2D eigenvalue weighted by molar-refractivity contribution is 0.0903. The third-order valence-corrected chi connectivity index (χ3v) is 4.70. The van der Waals surface area contributed by atoms with Gasteiger partial charge in [0.2, 0.25) is 0 Å². The van der Waals surface area contributed by atoms with Gasteiger partial charge in [-0.1, -0.05) is 13.8 Å². The van der Waals surface area contributed by atoms with Crippen LogP contribution >= 0.6 is 0 Å². The molecule has 0 saturated heterocycles. The fraction of sp³-hybridized carbons (Fsp3) is 1.00. The summed E-state index contributed by atoms with van der Waals surface area (Å²) < 4.78 is 0. The fourth-order valence-electron chi connectivity index (χ4n) is 2.93. The lowest BCUT2D eigenvalue weighted by Gasteiger charge is -2.41. The van der Waals surface area contributed by atoms with Gasteiger partial charge in [-0.15, -0.1) is 0 Å². The van der Waals surface area contributed by atoms with Gasteiger partial charge in [0, 0.05) is 5.54 Å². The molecule has 0 aliphatic heterocycles. The summed E-state index contributed by atoms with van der Waals surface area (Å²) in [6.07, 6.45) is 7.69. The molecule has 0 bridgehead atoms. The number of nitrogens with one attached hydrogen (secondary N) is 1. The van der Waals surface area contributed by atoms with Crippen molar-refractivity contribution in [2.24, 2.45) is 17.8 Å². The van der Waals surface area contributed by atoms with Gasteiger partial charge >= 0.3 is 0 Å². The standard InChI is InChI=1S/C14H27NO/c1-11(2)13-5-7-14(10-16,8-6-13)15-9-12-3-4-12/h11-13,15-16H,3-10H2,1-2H3. The van der Waals surface area contributed by atoms with Gasteiger partial charge in [0.05, 0.1) is 6.61 Å². The summed E-state index contributed by atoms with van der Waals surface area (Å²) in [6, 6.07) is 0. The first-order valence-corrected chi connectivity index (χ1v) is 7.01. The molecule has 2 aliphatic carbocycles. The van der Waals surface area contributed by atoms with Crippen molar-refractivity contribution in [2.45, 2.75) is 57.9 Å². The molecule has 2 rings (SSSR count). The Balaban J connectivity index is 1.81. The Morgan fingerprint density at radius 2 is 1.81 bits per heavy atom. The lowest BCUT2D eigenvalue weighted by Crippen LogP contribution is -2.51. The normalized spacial score (nSPS) is 35.6. The molecule has 0 aromatic carbocycles. The van der Waals surface area contributed by atoms with Gasteiger partial charge < -0.3 is 10.4 Å². The number of aliphatic hydroxyl groups excluding tert-OH is 1. The fourth-order valence-corrected chi connectivity index (χ4v) is 2.93. The Hall–Kier alpha value is -0.0800. The van der Waals surface area contributed by atoms with E-state index >= 15 is 0 Å². The van der Waals surface area contributed by atoms with Gasteiger partial charge in [-0.2, -0.15) is 0 Å². The highest BCUT2D eigenvalue weighted by Gasteiger charge is 2.36. The number of aliphatic hydroxyl groups is 1. The summed E-state index contributed by atoms with van der Waals surface area (Å²) >= 11 is 0. The Morgan fingerprint density at radius 3 is 2.25 bits per heavy atom. The zero-order chi connectivity index (χ0) is 11.6. The number of hydrogen-bond acceptors (Lipinski definition) is 2. The summed E-state index contributed by atoms with van der Waals surface area (Å²) in [5, 5.41) is 13.3. The minimum Gasteiger partial charge on any atom is -0.394 e. The van der Waals surface area contributed by atoms with E-state index in [1.54, 1.807) is 0 Å². The number of hydrogen-bond donors (Lipinski definition) is 2. The van der Waals surface area contributed by atoms with Crippen LogP contribution in [0.2, 0.25) is 0 Å². The second-order valence-electron chi connectivity index (χ2n) is 6.34. The smallest absolute Gasteiger partial charge is 0.0613 e. The topological polar surface area (TPSA) is 32.3 Å². The predicted molar refractivity (Wildman–Crippen MR) is 67.3 cm³/mol. The molecule has 0 atom stereocenters. The Morgan fingerprint density at radius 1 is 1.19 bits per heavy atom. The van der Waals surface area contributed by atoms with Crippen molar-refractivity contribution in [3.63, 3.8) is 0 Å². The maximum atomic E-state index is 9.64. The summed E-state index contributed by atoms with van der Waals surface area (Å²) in [4.78, 5) is 0. The highest BCUT2D eigenvalue weighted by molar-refractivity contribution is 4.94. The molecule has 0 aromatic rings. The molecule has 16 heavy (non-hydrogen) atoms. The van der Waals surface area contributed by atoms with E-state index in [0.717, 1.165) is 24.3 Å². The first-order chi connectivity index (χ1) is 7.65. The Labute approximate surface area is 99.8 Å². The maximum absolute atomic E-state index is 9.64. The van der Waals surface area contributed by atoms with E-state index < -0.39 is 0 Å².